The number of benzene rings is 5. The first-order valence-corrected chi connectivity index (χ1v) is 14.6. The summed E-state index contributed by atoms with van der Waals surface area (Å²) in [5, 5.41) is 4.53. The molecule has 0 aromatic heterocycles. The van der Waals surface area contributed by atoms with Gasteiger partial charge in [0.2, 0.25) is 0 Å². The smallest absolute Gasteiger partial charge is 0.120 e. The number of hydrogen-bond acceptors (Lipinski definition) is 6. The van der Waals surface area contributed by atoms with E-state index in [-0.39, 0.29) is 12.2 Å². The molecule has 0 N–H and O–H groups in total. The molecule has 2 aliphatic heterocycles. The second-order valence-electron chi connectivity index (χ2n) is 10.9. The van der Waals surface area contributed by atoms with Crippen molar-refractivity contribution in [2.45, 2.75) is 25.0 Å². The average molecular weight is 563 g/mol. The van der Waals surface area contributed by atoms with E-state index in [1.807, 2.05) is 24.3 Å². The number of fused-ring (bicyclic) bond motifs is 2. The van der Waals surface area contributed by atoms with Gasteiger partial charge in [0.1, 0.15) is 48.4 Å². The van der Waals surface area contributed by atoms with Gasteiger partial charge in [-0.2, -0.15) is 0 Å². The van der Waals surface area contributed by atoms with E-state index in [1.165, 1.54) is 11.1 Å². The average Bonchev–Trinajstić information content (AvgIpc) is 3.95. The number of rotatable bonds is 14. The van der Waals surface area contributed by atoms with E-state index >= 15 is 0 Å². The molecule has 2 unspecified atom stereocenters. The lowest BCUT2D eigenvalue weighted by molar-refractivity contribution is 0.263. The zero-order valence-corrected chi connectivity index (χ0v) is 23.5. The SMILES string of the molecule is c1cc(CCOc2ccc3cc(OCC4CO4)ccc3c2)cc(CCOc2ccc3cc(OCC4CO4)ccc3c2)c1. The van der Waals surface area contributed by atoms with Crippen LogP contribution in [-0.2, 0) is 22.3 Å². The Morgan fingerprint density at radius 1 is 0.476 bits per heavy atom. The molecule has 0 saturated carbocycles. The van der Waals surface area contributed by atoms with Gasteiger partial charge in [-0.25, -0.2) is 0 Å². The van der Waals surface area contributed by atoms with Crippen molar-refractivity contribution in [3.05, 3.63) is 108 Å². The molecule has 0 aliphatic carbocycles. The largest absolute Gasteiger partial charge is 0.493 e. The van der Waals surface area contributed by atoms with E-state index in [0.717, 1.165) is 70.6 Å². The molecular formula is C36H34O6. The minimum atomic E-state index is 0.254. The fourth-order valence-corrected chi connectivity index (χ4v) is 4.98. The summed E-state index contributed by atoms with van der Waals surface area (Å²) in [6.45, 7) is 4.06. The van der Waals surface area contributed by atoms with Crippen LogP contribution in [0.3, 0.4) is 0 Å². The van der Waals surface area contributed by atoms with Gasteiger partial charge in [0.05, 0.1) is 26.4 Å². The summed E-state index contributed by atoms with van der Waals surface area (Å²) in [5.41, 5.74) is 2.51. The molecule has 5 aromatic carbocycles. The molecule has 6 heteroatoms. The van der Waals surface area contributed by atoms with Crippen molar-refractivity contribution in [2.75, 3.05) is 39.6 Å². The van der Waals surface area contributed by atoms with Crippen LogP contribution in [0.5, 0.6) is 23.0 Å². The van der Waals surface area contributed by atoms with Crippen LogP contribution in [0.25, 0.3) is 21.5 Å². The molecule has 0 bridgehead atoms. The Bertz CT molecular complexity index is 1550. The van der Waals surface area contributed by atoms with E-state index in [4.69, 9.17) is 28.4 Å². The van der Waals surface area contributed by atoms with Crippen LogP contribution in [0.4, 0.5) is 0 Å². The maximum atomic E-state index is 6.10. The first kappa shape index (κ1) is 26.6. The molecule has 0 radical (unpaired) electrons. The molecule has 214 valence electrons. The molecule has 2 fully saturated rings. The Balaban J connectivity index is 0.876. The summed E-state index contributed by atoms with van der Waals surface area (Å²) in [7, 11) is 0. The van der Waals surface area contributed by atoms with Crippen molar-refractivity contribution in [2.24, 2.45) is 0 Å². The summed E-state index contributed by atoms with van der Waals surface area (Å²) < 4.78 is 34.2. The van der Waals surface area contributed by atoms with Crippen LogP contribution < -0.4 is 18.9 Å². The third kappa shape index (κ3) is 7.14. The Labute approximate surface area is 245 Å². The van der Waals surface area contributed by atoms with Crippen molar-refractivity contribution in [1.29, 1.82) is 0 Å². The van der Waals surface area contributed by atoms with Gasteiger partial charge >= 0.3 is 0 Å². The Morgan fingerprint density at radius 3 is 1.24 bits per heavy atom. The summed E-state index contributed by atoms with van der Waals surface area (Å²) in [4.78, 5) is 0. The van der Waals surface area contributed by atoms with E-state index < -0.39 is 0 Å². The minimum absolute atomic E-state index is 0.254. The number of epoxide rings is 2. The predicted molar refractivity (Wildman–Crippen MR) is 163 cm³/mol. The summed E-state index contributed by atoms with van der Waals surface area (Å²) >= 11 is 0. The monoisotopic (exact) mass is 562 g/mol. The maximum absolute atomic E-state index is 6.10. The molecule has 6 nitrogen and oxygen atoms in total. The highest BCUT2D eigenvalue weighted by Gasteiger charge is 2.23. The fourth-order valence-electron chi connectivity index (χ4n) is 4.98. The van der Waals surface area contributed by atoms with Gasteiger partial charge in [-0.05, 0) is 81.2 Å². The highest BCUT2D eigenvalue weighted by atomic mass is 16.6. The third-order valence-electron chi connectivity index (χ3n) is 7.55. The topological polar surface area (TPSA) is 62.0 Å². The summed E-state index contributed by atoms with van der Waals surface area (Å²) in [6.07, 6.45) is 2.19. The van der Waals surface area contributed by atoms with Crippen molar-refractivity contribution in [3.8, 4) is 23.0 Å². The zero-order valence-electron chi connectivity index (χ0n) is 23.5. The number of hydrogen-bond donors (Lipinski definition) is 0. The first-order valence-electron chi connectivity index (χ1n) is 14.6. The van der Waals surface area contributed by atoms with Gasteiger partial charge in [0.15, 0.2) is 0 Å². The van der Waals surface area contributed by atoms with Crippen LogP contribution in [0.15, 0.2) is 97.1 Å². The van der Waals surface area contributed by atoms with Gasteiger partial charge in [-0.1, -0.05) is 48.5 Å². The predicted octanol–water partition coefficient (Wildman–Crippen LogP) is 6.79. The molecule has 2 heterocycles. The first-order chi connectivity index (χ1) is 20.7. The summed E-state index contributed by atoms with van der Waals surface area (Å²) in [5.74, 6) is 3.49. The summed E-state index contributed by atoms with van der Waals surface area (Å²) in [6, 6.07) is 33.3. The quantitative estimate of drug-likeness (QED) is 0.139. The lowest BCUT2D eigenvalue weighted by Crippen LogP contribution is -2.04. The molecule has 5 aromatic rings. The highest BCUT2D eigenvalue weighted by molar-refractivity contribution is 5.86. The molecule has 0 amide bonds. The van der Waals surface area contributed by atoms with Crippen LogP contribution >= 0.6 is 0 Å². The van der Waals surface area contributed by atoms with Crippen LogP contribution in [0.1, 0.15) is 11.1 Å². The minimum Gasteiger partial charge on any atom is -0.493 e. The standard InChI is InChI=1S/C36H34O6/c1-2-25(12-14-37-31-8-4-29-19-33(10-6-27(29)17-31)39-21-35-23-41-35)16-26(3-1)13-15-38-32-9-5-30-20-34(11-7-28(30)18-32)40-22-36-24-42-36/h1-11,16-20,35-36H,12-15,21-24H2. The normalized spacial score (nSPS) is 17.2. The van der Waals surface area contributed by atoms with Gasteiger partial charge in [0.25, 0.3) is 0 Å². The van der Waals surface area contributed by atoms with Gasteiger partial charge in [-0.3, -0.25) is 0 Å². The van der Waals surface area contributed by atoms with Gasteiger partial charge in [-0.15, -0.1) is 0 Å². The molecule has 42 heavy (non-hydrogen) atoms. The van der Waals surface area contributed by atoms with Crippen LogP contribution in [0.2, 0.25) is 0 Å². The van der Waals surface area contributed by atoms with E-state index in [1.54, 1.807) is 0 Å². The fraction of sp³-hybridized carbons (Fsp3) is 0.278. The van der Waals surface area contributed by atoms with Gasteiger partial charge in [0, 0.05) is 12.8 Å². The van der Waals surface area contributed by atoms with Crippen LogP contribution in [0, 0.1) is 0 Å². The number of ether oxygens (including phenoxy) is 6. The van der Waals surface area contributed by atoms with Crippen molar-refractivity contribution < 1.29 is 28.4 Å². The lowest BCUT2D eigenvalue weighted by Gasteiger charge is -2.11. The maximum Gasteiger partial charge on any atom is 0.120 e. The second-order valence-corrected chi connectivity index (χ2v) is 10.9. The van der Waals surface area contributed by atoms with E-state index in [2.05, 4.69) is 72.8 Å². The third-order valence-corrected chi connectivity index (χ3v) is 7.55. The molecule has 7 rings (SSSR count). The lowest BCUT2D eigenvalue weighted by atomic mass is 10.1. The van der Waals surface area contributed by atoms with Crippen molar-refractivity contribution in [3.63, 3.8) is 0 Å². The van der Waals surface area contributed by atoms with Crippen molar-refractivity contribution in [1.82, 2.24) is 0 Å². The Hall–Kier alpha value is -4.26. The second kappa shape index (κ2) is 12.3. The molecule has 0 spiro atoms. The van der Waals surface area contributed by atoms with Crippen LogP contribution in [-0.4, -0.2) is 51.8 Å². The Morgan fingerprint density at radius 2 is 0.857 bits per heavy atom. The Kier molecular flexibility index (Phi) is 7.81. The van der Waals surface area contributed by atoms with Gasteiger partial charge < -0.3 is 28.4 Å². The van der Waals surface area contributed by atoms with E-state index in [0.29, 0.717) is 26.4 Å². The molecule has 2 atom stereocenters. The molecular weight excluding hydrogens is 528 g/mol. The zero-order chi connectivity index (χ0) is 28.1. The van der Waals surface area contributed by atoms with Crippen molar-refractivity contribution >= 4 is 21.5 Å². The molecule has 2 aliphatic rings. The highest BCUT2D eigenvalue weighted by Crippen LogP contribution is 2.27. The van der Waals surface area contributed by atoms with E-state index in [9.17, 15) is 0 Å². The molecule has 2 saturated heterocycles.